The molecule has 1 fully saturated rings. The number of anilines is 1. The lowest BCUT2D eigenvalue weighted by atomic mass is 10.3. The first kappa shape index (κ1) is 14.6. The number of carbonyl (C=O) groups excluding carboxylic acids is 1. The first-order chi connectivity index (χ1) is 8.84. The van der Waals surface area contributed by atoms with Crippen molar-refractivity contribution in [1.29, 1.82) is 0 Å². The summed E-state index contributed by atoms with van der Waals surface area (Å²) in [6.07, 6.45) is -0.102. The van der Waals surface area contributed by atoms with Crippen LogP contribution in [-0.2, 0) is 13.8 Å². The molecule has 0 bridgehead atoms. The first-order valence-electron chi connectivity index (χ1n) is 5.41. The Hall–Kier alpha value is -0.790. The first-order valence-corrected chi connectivity index (χ1v) is 8.57. The molecule has 2 rings (SSSR count). The summed E-state index contributed by atoms with van der Waals surface area (Å²) >= 11 is 3.35. The Morgan fingerprint density at radius 1 is 1.47 bits per heavy atom. The maximum absolute atomic E-state index is 11.9. The highest BCUT2D eigenvalue weighted by Crippen LogP contribution is 2.37. The molecule has 1 aliphatic heterocycles. The van der Waals surface area contributed by atoms with E-state index in [9.17, 15) is 13.2 Å². The van der Waals surface area contributed by atoms with Gasteiger partial charge in [0.25, 0.3) is 0 Å². The van der Waals surface area contributed by atoms with Gasteiger partial charge in [-0.3, -0.25) is 4.79 Å². The van der Waals surface area contributed by atoms with Gasteiger partial charge >= 0.3 is 0 Å². The molecule has 0 saturated carbocycles. The van der Waals surface area contributed by atoms with Gasteiger partial charge in [-0.1, -0.05) is 6.07 Å². The number of nitrogens with zero attached hydrogens (tertiary/aromatic N) is 1. The largest absolute Gasteiger partial charge is 0.495 e. The van der Waals surface area contributed by atoms with E-state index in [0.717, 1.165) is 0 Å². The van der Waals surface area contributed by atoms with Crippen molar-refractivity contribution >= 4 is 47.3 Å². The molecule has 0 N–H and O–H groups in total. The second-order valence-electron chi connectivity index (χ2n) is 4.10. The van der Waals surface area contributed by atoms with Crippen molar-refractivity contribution in [3.05, 3.63) is 22.7 Å². The van der Waals surface area contributed by atoms with E-state index in [-0.39, 0.29) is 18.9 Å². The fourth-order valence-corrected chi connectivity index (χ4v) is 3.63. The van der Waals surface area contributed by atoms with E-state index < -0.39 is 14.3 Å². The summed E-state index contributed by atoms with van der Waals surface area (Å²) in [7, 11) is 3.09. The van der Waals surface area contributed by atoms with Crippen LogP contribution in [0.25, 0.3) is 0 Å². The molecule has 0 aliphatic carbocycles. The number of rotatable bonds is 3. The Morgan fingerprint density at radius 2 is 2.16 bits per heavy atom. The minimum atomic E-state index is -3.74. The standard InChI is InChI=1S/C11H11BrClNO4S/c1-18-9-4-2-3-8(11(9)12)14-6-7(5-10(14)15)19(13,16)17/h2-4,7H,5-6H2,1H3. The third-order valence-electron chi connectivity index (χ3n) is 2.94. The molecule has 1 aromatic rings. The van der Waals surface area contributed by atoms with Gasteiger partial charge < -0.3 is 9.64 Å². The second kappa shape index (κ2) is 5.30. The van der Waals surface area contributed by atoms with Crippen molar-refractivity contribution in [2.24, 2.45) is 0 Å². The maximum Gasteiger partial charge on any atom is 0.237 e. The van der Waals surface area contributed by atoms with Gasteiger partial charge in [-0.15, -0.1) is 0 Å². The van der Waals surface area contributed by atoms with E-state index in [4.69, 9.17) is 15.4 Å². The summed E-state index contributed by atoms with van der Waals surface area (Å²) in [5.41, 5.74) is 0.576. The van der Waals surface area contributed by atoms with Crippen molar-refractivity contribution in [2.75, 3.05) is 18.6 Å². The minimum Gasteiger partial charge on any atom is -0.495 e. The summed E-state index contributed by atoms with van der Waals surface area (Å²) in [5.74, 6) is 0.297. The van der Waals surface area contributed by atoms with Gasteiger partial charge in [0.15, 0.2) is 0 Å². The average Bonchev–Trinajstić information content (AvgIpc) is 2.71. The van der Waals surface area contributed by atoms with E-state index in [1.54, 1.807) is 18.2 Å². The van der Waals surface area contributed by atoms with E-state index in [1.165, 1.54) is 12.0 Å². The molecule has 8 heteroatoms. The summed E-state index contributed by atoms with van der Waals surface area (Å²) in [4.78, 5) is 13.3. The van der Waals surface area contributed by atoms with Crippen LogP contribution in [0.15, 0.2) is 22.7 Å². The Morgan fingerprint density at radius 3 is 2.68 bits per heavy atom. The van der Waals surface area contributed by atoms with Gasteiger partial charge in [-0.05, 0) is 28.1 Å². The Kier molecular flexibility index (Phi) is 4.08. The molecule has 104 valence electrons. The Labute approximate surface area is 124 Å². The number of ether oxygens (including phenoxy) is 1. The van der Waals surface area contributed by atoms with Gasteiger partial charge in [0.05, 0.1) is 17.3 Å². The molecular formula is C11H11BrClNO4S. The number of halogens is 2. The van der Waals surface area contributed by atoms with Crippen molar-refractivity contribution < 1.29 is 17.9 Å². The number of carbonyl (C=O) groups is 1. The van der Waals surface area contributed by atoms with E-state index >= 15 is 0 Å². The second-order valence-corrected chi connectivity index (χ2v) is 7.80. The Bertz CT molecular complexity index is 619. The zero-order chi connectivity index (χ0) is 14.2. The van der Waals surface area contributed by atoms with E-state index in [0.29, 0.717) is 15.9 Å². The maximum atomic E-state index is 11.9. The zero-order valence-electron chi connectivity index (χ0n) is 9.97. The fraction of sp³-hybridized carbons (Fsp3) is 0.364. The zero-order valence-corrected chi connectivity index (χ0v) is 13.1. The lowest BCUT2D eigenvalue weighted by Gasteiger charge is -2.19. The molecular weight excluding hydrogens is 358 g/mol. The van der Waals surface area contributed by atoms with Crippen LogP contribution >= 0.6 is 26.6 Å². The third kappa shape index (κ3) is 2.88. The quantitative estimate of drug-likeness (QED) is 0.767. The van der Waals surface area contributed by atoms with Crippen LogP contribution in [-0.4, -0.2) is 33.2 Å². The summed E-state index contributed by atoms with van der Waals surface area (Å²) in [6, 6.07) is 5.19. The minimum absolute atomic E-state index is 0.0520. The van der Waals surface area contributed by atoms with Gasteiger partial charge in [0.1, 0.15) is 11.0 Å². The van der Waals surface area contributed by atoms with Crippen LogP contribution in [0.2, 0.25) is 0 Å². The average molecular weight is 369 g/mol. The van der Waals surface area contributed by atoms with Crippen LogP contribution < -0.4 is 9.64 Å². The smallest absolute Gasteiger partial charge is 0.237 e. The van der Waals surface area contributed by atoms with Crippen LogP contribution in [0.3, 0.4) is 0 Å². The predicted molar refractivity (Wildman–Crippen MR) is 76.2 cm³/mol. The lowest BCUT2D eigenvalue weighted by Crippen LogP contribution is -2.27. The van der Waals surface area contributed by atoms with E-state index in [1.807, 2.05) is 0 Å². The topological polar surface area (TPSA) is 63.7 Å². The van der Waals surface area contributed by atoms with Gasteiger partial charge in [0.2, 0.25) is 15.0 Å². The molecule has 1 aliphatic rings. The lowest BCUT2D eigenvalue weighted by molar-refractivity contribution is -0.117. The van der Waals surface area contributed by atoms with Crippen LogP contribution in [0, 0.1) is 0 Å². The number of methoxy groups -OCH3 is 1. The molecule has 1 amide bonds. The number of benzene rings is 1. The number of amides is 1. The molecule has 1 heterocycles. The van der Waals surface area contributed by atoms with Crippen molar-refractivity contribution in [2.45, 2.75) is 11.7 Å². The summed E-state index contributed by atoms with van der Waals surface area (Å²) < 4.78 is 28.4. The van der Waals surface area contributed by atoms with Crippen molar-refractivity contribution in [1.82, 2.24) is 0 Å². The molecule has 1 atom stereocenters. The summed E-state index contributed by atoms with van der Waals surface area (Å²) in [6.45, 7) is 0.0520. The highest BCUT2D eigenvalue weighted by Gasteiger charge is 2.38. The predicted octanol–water partition coefficient (Wildman–Crippen LogP) is 2.13. The van der Waals surface area contributed by atoms with Gasteiger partial charge in [-0.25, -0.2) is 8.42 Å². The highest BCUT2D eigenvalue weighted by molar-refractivity contribution is 9.10. The monoisotopic (exact) mass is 367 g/mol. The molecule has 0 radical (unpaired) electrons. The van der Waals surface area contributed by atoms with Crippen LogP contribution in [0.1, 0.15) is 6.42 Å². The van der Waals surface area contributed by atoms with Gasteiger partial charge in [-0.2, -0.15) is 0 Å². The molecule has 19 heavy (non-hydrogen) atoms. The summed E-state index contributed by atoms with van der Waals surface area (Å²) in [5, 5.41) is -0.875. The molecule has 0 aromatic heterocycles. The molecule has 1 saturated heterocycles. The van der Waals surface area contributed by atoms with Crippen LogP contribution in [0.4, 0.5) is 5.69 Å². The SMILES string of the molecule is COc1cccc(N2CC(S(=O)(=O)Cl)CC2=O)c1Br. The highest BCUT2D eigenvalue weighted by atomic mass is 79.9. The molecule has 0 spiro atoms. The normalized spacial score (nSPS) is 19.8. The molecule has 1 aromatic carbocycles. The Balaban J connectivity index is 2.36. The number of hydrogen-bond donors (Lipinski definition) is 0. The van der Waals surface area contributed by atoms with Crippen molar-refractivity contribution in [3.8, 4) is 5.75 Å². The molecule has 5 nitrogen and oxygen atoms in total. The van der Waals surface area contributed by atoms with Gasteiger partial charge in [0, 0.05) is 23.6 Å². The third-order valence-corrected chi connectivity index (χ3v) is 5.61. The van der Waals surface area contributed by atoms with Crippen LogP contribution in [0.5, 0.6) is 5.75 Å². The van der Waals surface area contributed by atoms with E-state index in [2.05, 4.69) is 15.9 Å². The fourth-order valence-electron chi connectivity index (χ4n) is 1.96. The number of hydrogen-bond acceptors (Lipinski definition) is 4. The molecule has 1 unspecified atom stereocenters. The van der Waals surface area contributed by atoms with Crippen molar-refractivity contribution in [3.63, 3.8) is 0 Å².